The molecule has 0 aliphatic heterocycles. The van der Waals surface area contributed by atoms with Crippen molar-refractivity contribution in [2.45, 2.75) is 26.5 Å². The maximum absolute atomic E-state index is 11.3. The Kier molecular flexibility index (Phi) is 6.38. The van der Waals surface area contributed by atoms with E-state index in [1.54, 1.807) is 7.11 Å². The van der Waals surface area contributed by atoms with Crippen molar-refractivity contribution < 1.29 is 18.8 Å². The highest BCUT2D eigenvalue weighted by Crippen LogP contribution is 2.08. The summed E-state index contributed by atoms with van der Waals surface area (Å²) in [6.07, 6.45) is 0.958. The Balaban J connectivity index is 2.55. The summed E-state index contributed by atoms with van der Waals surface area (Å²) in [6.45, 7) is 4.09. The smallest absolute Gasteiger partial charge is 0.319 e. The molecule has 0 saturated carbocycles. The van der Waals surface area contributed by atoms with Gasteiger partial charge in [0, 0.05) is 19.7 Å². The fraction of sp³-hybridized carbons (Fsp3) is 0.667. The van der Waals surface area contributed by atoms with E-state index in [-0.39, 0.29) is 12.5 Å². The standard InChI is InChI=1S/C12H20N2O4/c1-4-5-14(8-12(15)17-3)7-10-6-11(9-16-2)18-13-10/h6H,4-5,7-9H2,1-3H3. The van der Waals surface area contributed by atoms with Crippen LogP contribution in [0.15, 0.2) is 10.6 Å². The van der Waals surface area contributed by atoms with Crippen LogP contribution in [-0.2, 0) is 27.4 Å². The number of rotatable bonds is 8. The van der Waals surface area contributed by atoms with Gasteiger partial charge >= 0.3 is 5.97 Å². The van der Waals surface area contributed by atoms with Crippen LogP contribution in [0, 0.1) is 0 Å². The average molecular weight is 256 g/mol. The molecule has 6 heteroatoms. The summed E-state index contributed by atoms with van der Waals surface area (Å²) in [5.41, 5.74) is 0.791. The van der Waals surface area contributed by atoms with Gasteiger partial charge in [0.15, 0.2) is 5.76 Å². The predicted molar refractivity (Wildman–Crippen MR) is 64.8 cm³/mol. The fourth-order valence-corrected chi connectivity index (χ4v) is 1.65. The Hall–Kier alpha value is -1.40. The van der Waals surface area contributed by atoms with E-state index in [0.717, 1.165) is 18.7 Å². The van der Waals surface area contributed by atoms with Crippen LogP contribution >= 0.6 is 0 Å². The van der Waals surface area contributed by atoms with Crippen molar-refractivity contribution in [2.24, 2.45) is 0 Å². The van der Waals surface area contributed by atoms with E-state index in [9.17, 15) is 4.79 Å². The second-order valence-electron chi connectivity index (χ2n) is 4.00. The minimum Gasteiger partial charge on any atom is -0.468 e. The van der Waals surface area contributed by atoms with Crippen LogP contribution in [0.4, 0.5) is 0 Å². The summed E-state index contributed by atoms with van der Waals surface area (Å²) >= 11 is 0. The maximum Gasteiger partial charge on any atom is 0.319 e. The van der Waals surface area contributed by atoms with Gasteiger partial charge in [0.05, 0.1) is 19.3 Å². The molecular weight excluding hydrogens is 236 g/mol. The van der Waals surface area contributed by atoms with Gasteiger partial charge in [-0.3, -0.25) is 9.69 Å². The summed E-state index contributed by atoms with van der Waals surface area (Å²) in [7, 11) is 2.99. The van der Waals surface area contributed by atoms with Crippen LogP contribution in [0.3, 0.4) is 0 Å². The molecule has 1 heterocycles. The second-order valence-corrected chi connectivity index (χ2v) is 4.00. The highest BCUT2D eigenvalue weighted by molar-refractivity contribution is 5.71. The first kappa shape index (κ1) is 14.7. The predicted octanol–water partition coefficient (Wildman–Crippen LogP) is 1.21. The fourth-order valence-electron chi connectivity index (χ4n) is 1.65. The third kappa shape index (κ3) is 4.85. The number of hydrogen-bond donors (Lipinski definition) is 0. The molecule has 0 unspecified atom stereocenters. The number of methoxy groups -OCH3 is 2. The van der Waals surface area contributed by atoms with Crippen LogP contribution in [0.1, 0.15) is 24.8 Å². The molecule has 0 aliphatic rings. The van der Waals surface area contributed by atoms with E-state index in [1.807, 2.05) is 11.0 Å². The van der Waals surface area contributed by atoms with Gasteiger partial charge in [-0.15, -0.1) is 0 Å². The first-order chi connectivity index (χ1) is 8.69. The van der Waals surface area contributed by atoms with Crippen LogP contribution in [0.5, 0.6) is 0 Å². The summed E-state index contributed by atoms with van der Waals surface area (Å²) in [5, 5.41) is 3.94. The van der Waals surface area contributed by atoms with Crippen LogP contribution in [0.25, 0.3) is 0 Å². The normalized spacial score (nSPS) is 10.9. The topological polar surface area (TPSA) is 64.8 Å². The highest BCUT2D eigenvalue weighted by atomic mass is 16.5. The van der Waals surface area contributed by atoms with Crippen LogP contribution in [0.2, 0.25) is 0 Å². The van der Waals surface area contributed by atoms with E-state index in [1.165, 1.54) is 7.11 Å². The van der Waals surface area contributed by atoms with Crippen molar-refractivity contribution >= 4 is 5.97 Å². The van der Waals surface area contributed by atoms with Crippen LogP contribution in [-0.4, -0.2) is 43.3 Å². The van der Waals surface area contributed by atoms with Gasteiger partial charge in [-0.05, 0) is 13.0 Å². The highest BCUT2D eigenvalue weighted by Gasteiger charge is 2.13. The molecule has 1 aromatic heterocycles. The molecule has 0 aromatic carbocycles. The lowest BCUT2D eigenvalue weighted by atomic mass is 10.3. The molecule has 0 aliphatic carbocycles. The Labute approximate surface area is 107 Å². The van der Waals surface area contributed by atoms with Gasteiger partial charge in [0.2, 0.25) is 0 Å². The first-order valence-electron chi connectivity index (χ1n) is 5.92. The monoisotopic (exact) mass is 256 g/mol. The van der Waals surface area contributed by atoms with Crippen molar-refractivity contribution in [3.05, 3.63) is 17.5 Å². The van der Waals surface area contributed by atoms with Crippen LogP contribution < -0.4 is 0 Å². The molecule has 0 spiro atoms. The van der Waals surface area contributed by atoms with E-state index < -0.39 is 0 Å². The number of carbonyl (C=O) groups is 1. The number of aromatic nitrogens is 1. The van der Waals surface area contributed by atoms with Gasteiger partial charge in [-0.1, -0.05) is 12.1 Å². The van der Waals surface area contributed by atoms with E-state index >= 15 is 0 Å². The van der Waals surface area contributed by atoms with Gasteiger partial charge in [-0.25, -0.2) is 0 Å². The number of esters is 1. The molecule has 0 atom stereocenters. The van der Waals surface area contributed by atoms with Crippen molar-refractivity contribution in [1.82, 2.24) is 10.1 Å². The quantitative estimate of drug-likeness (QED) is 0.651. The van der Waals surface area contributed by atoms with E-state index in [0.29, 0.717) is 18.9 Å². The number of ether oxygens (including phenoxy) is 2. The molecule has 0 amide bonds. The van der Waals surface area contributed by atoms with E-state index in [4.69, 9.17) is 9.26 Å². The molecule has 0 bridgehead atoms. The molecule has 0 N–H and O–H groups in total. The summed E-state index contributed by atoms with van der Waals surface area (Å²) in [4.78, 5) is 13.2. The zero-order chi connectivity index (χ0) is 13.4. The Morgan fingerprint density at radius 2 is 2.28 bits per heavy atom. The van der Waals surface area contributed by atoms with Crippen molar-refractivity contribution in [2.75, 3.05) is 27.3 Å². The van der Waals surface area contributed by atoms with Gasteiger partial charge < -0.3 is 14.0 Å². The number of carbonyl (C=O) groups excluding carboxylic acids is 1. The minimum absolute atomic E-state index is 0.246. The summed E-state index contributed by atoms with van der Waals surface area (Å²) in [6, 6.07) is 1.84. The third-order valence-corrected chi connectivity index (χ3v) is 2.40. The maximum atomic E-state index is 11.3. The van der Waals surface area contributed by atoms with Gasteiger partial charge in [-0.2, -0.15) is 0 Å². The van der Waals surface area contributed by atoms with Gasteiger partial charge in [0.1, 0.15) is 6.61 Å². The third-order valence-electron chi connectivity index (χ3n) is 2.40. The number of hydrogen-bond acceptors (Lipinski definition) is 6. The molecule has 0 fully saturated rings. The lowest BCUT2D eigenvalue weighted by Gasteiger charge is -2.18. The second kappa shape index (κ2) is 7.84. The molecule has 1 rings (SSSR count). The lowest BCUT2D eigenvalue weighted by Crippen LogP contribution is -2.31. The van der Waals surface area contributed by atoms with Crippen molar-refractivity contribution in [3.8, 4) is 0 Å². The SMILES string of the molecule is CCCN(CC(=O)OC)Cc1cc(COC)on1. The van der Waals surface area contributed by atoms with Crippen molar-refractivity contribution in [1.29, 1.82) is 0 Å². The summed E-state index contributed by atoms with van der Waals surface area (Å²) in [5.74, 6) is 0.436. The Bertz CT molecular complexity index is 365. The molecule has 18 heavy (non-hydrogen) atoms. The largest absolute Gasteiger partial charge is 0.468 e. The Morgan fingerprint density at radius 3 is 2.89 bits per heavy atom. The van der Waals surface area contributed by atoms with Gasteiger partial charge in [0.25, 0.3) is 0 Å². The molecule has 0 saturated heterocycles. The first-order valence-corrected chi connectivity index (χ1v) is 5.92. The van der Waals surface area contributed by atoms with Crippen molar-refractivity contribution in [3.63, 3.8) is 0 Å². The molecule has 0 radical (unpaired) electrons. The average Bonchev–Trinajstić information content (AvgIpc) is 2.77. The Morgan fingerprint density at radius 1 is 1.50 bits per heavy atom. The zero-order valence-corrected chi connectivity index (χ0v) is 11.1. The summed E-state index contributed by atoms with van der Waals surface area (Å²) < 4.78 is 14.7. The number of nitrogens with zero attached hydrogens (tertiary/aromatic N) is 2. The molecular formula is C12H20N2O4. The lowest BCUT2D eigenvalue weighted by molar-refractivity contribution is -0.142. The van der Waals surface area contributed by atoms with E-state index in [2.05, 4.69) is 16.8 Å². The molecule has 1 aromatic rings. The minimum atomic E-state index is -0.246. The molecule has 102 valence electrons. The molecule has 6 nitrogen and oxygen atoms in total. The zero-order valence-electron chi connectivity index (χ0n) is 11.1.